The molecule has 1 N–H and O–H groups in total. The molecule has 1 atom stereocenters. The summed E-state index contributed by atoms with van der Waals surface area (Å²) in [6.45, 7) is -0.204. The first-order valence-electron chi connectivity index (χ1n) is 5.38. The highest BCUT2D eigenvalue weighted by Crippen LogP contribution is 2.22. The van der Waals surface area contributed by atoms with Crippen molar-refractivity contribution >= 4 is 9.84 Å². The van der Waals surface area contributed by atoms with Crippen molar-refractivity contribution in [3.63, 3.8) is 0 Å². The van der Waals surface area contributed by atoms with Crippen molar-refractivity contribution in [3.05, 3.63) is 17.8 Å². The molecule has 0 bridgehead atoms. The fraction of sp³-hybridized carbons (Fsp3) is 0.700. The van der Waals surface area contributed by atoms with Crippen LogP contribution in [-0.4, -0.2) is 29.5 Å². The molecule has 0 aliphatic carbocycles. The maximum Gasteiger partial charge on any atom is 0.195 e. The zero-order chi connectivity index (χ0) is 11.6. The number of oxazole rings is 1. The van der Waals surface area contributed by atoms with Crippen molar-refractivity contribution in [2.75, 3.05) is 5.75 Å². The molecule has 16 heavy (non-hydrogen) atoms. The molecule has 0 spiro atoms. The summed E-state index contributed by atoms with van der Waals surface area (Å²) in [6.07, 6.45) is 4.13. The van der Waals surface area contributed by atoms with Gasteiger partial charge in [0.2, 0.25) is 0 Å². The molecule has 1 aliphatic rings. The number of rotatable bonds is 3. The molecular formula is C10H15NO4S. The van der Waals surface area contributed by atoms with Crippen LogP contribution in [0.25, 0.3) is 0 Å². The van der Waals surface area contributed by atoms with Crippen LogP contribution in [0.2, 0.25) is 0 Å². The summed E-state index contributed by atoms with van der Waals surface area (Å²) in [5, 5.41) is 8.44. The Hall–Kier alpha value is -0.880. The molecule has 0 saturated carbocycles. The Bertz CT molecular complexity index is 451. The number of aliphatic hydroxyl groups is 1. The molecule has 5 nitrogen and oxygen atoms in total. The molecule has 2 rings (SSSR count). The van der Waals surface area contributed by atoms with Crippen LogP contribution in [0, 0.1) is 0 Å². The van der Waals surface area contributed by atoms with E-state index in [2.05, 4.69) is 4.98 Å². The molecule has 90 valence electrons. The third-order valence-electron chi connectivity index (χ3n) is 2.87. The van der Waals surface area contributed by atoms with Crippen LogP contribution >= 0.6 is 0 Å². The highest BCUT2D eigenvalue weighted by atomic mass is 32.2. The summed E-state index contributed by atoms with van der Waals surface area (Å²) in [5.41, 5.74) is 0. The highest BCUT2D eigenvalue weighted by molar-refractivity contribution is 7.92. The number of aromatic nitrogens is 1. The lowest BCUT2D eigenvalue weighted by Gasteiger charge is -2.20. The van der Waals surface area contributed by atoms with Crippen LogP contribution in [0.15, 0.2) is 10.6 Å². The number of nitrogens with zero attached hydrogens (tertiary/aromatic N) is 1. The van der Waals surface area contributed by atoms with Gasteiger partial charge in [-0.1, -0.05) is 6.42 Å². The maximum absolute atomic E-state index is 11.7. The average molecular weight is 245 g/mol. The van der Waals surface area contributed by atoms with E-state index in [1.165, 1.54) is 6.20 Å². The minimum absolute atomic E-state index is 0.204. The minimum Gasteiger partial charge on any atom is -0.443 e. The fourth-order valence-electron chi connectivity index (χ4n) is 1.96. The van der Waals surface area contributed by atoms with Gasteiger partial charge in [-0.25, -0.2) is 13.4 Å². The molecule has 0 amide bonds. The van der Waals surface area contributed by atoms with Crippen LogP contribution in [0.1, 0.15) is 30.9 Å². The van der Waals surface area contributed by atoms with Crippen LogP contribution in [-0.2, 0) is 22.9 Å². The van der Waals surface area contributed by atoms with Gasteiger partial charge in [-0.15, -0.1) is 0 Å². The molecule has 6 heteroatoms. The second-order valence-electron chi connectivity index (χ2n) is 4.07. The van der Waals surface area contributed by atoms with E-state index in [-0.39, 0.29) is 17.6 Å². The van der Waals surface area contributed by atoms with Crippen molar-refractivity contribution in [1.29, 1.82) is 0 Å². The molecular weight excluding hydrogens is 230 g/mol. The predicted octanol–water partition coefficient (Wildman–Crippen LogP) is 0.677. The van der Waals surface area contributed by atoms with Gasteiger partial charge in [0.1, 0.15) is 12.4 Å². The number of hydrogen-bond acceptors (Lipinski definition) is 5. The van der Waals surface area contributed by atoms with E-state index in [0.29, 0.717) is 24.5 Å². The van der Waals surface area contributed by atoms with Crippen molar-refractivity contribution in [2.45, 2.75) is 37.5 Å². The van der Waals surface area contributed by atoms with Gasteiger partial charge in [0.25, 0.3) is 0 Å². The van der Waals surface area contributed by atoms with Gasteiger partial charge in [0, 0.05) is 6.42 Å². The third kappa shape index (κ3) is 2.44. The van der Waals surface area contributed by atoms with Crippen molar-refractivity contribution in [3.8, 4) is 0 Å². The highest BCUT2D eigenvalue weighted by Gasteiger charge is 2.30. The Morgan fingerprint density at radius 3 is 2.94 bits per heavy atom. The van der Waals surface area contributed by atoms with Crippen LogP contribution in [0.4, 0.5) is 0 Å². The normalized spacial score (nSPS) is 24.4. The second-order valence-corrected chi connectivity index (χ2v) is 6.47. The van der Waals surface area contributed by atoms with Gasteiger partial charge in [-0.05, 0) is 12.8 Å². The molecule has 1 aromatic heterocycles. The summed E-state index contributed by atoms with van der Waals surface area (Å²) in [5.74, 6) is 1.05. The van der Waals surface area contributed by atoms with E-state index >= 15 is 0 Å². The number of sulfone groups is 1. The van der Waals surface area contributed by atoms with E-state index < -0.39 is 9.84 Å². The monoisotopic (exact) mass is 245 g/mol. The first-order valence-corrected chi connectivity index (χ1v) is 7.09. The average Bonchev–Trinajstić information content (AvgIpc) is 2.69. The van der Waals surface area contributed by atoms with Crippen LogP contribution in [0.3, 0.4) is 0 Å². The summed E-state index contributed by atoms with van der Waals surface area (Å²) in [4.78, 5) is 3.96. The van der Waals surface area contributed by atoms with Crippen molar-refractivity contribution < 1.29 is 17.9 Å². The molecule has 0 radical (unpaired) electrons. The minimum atomic E-state index is -2.98. The fourth-order valence-corrected chi connectivity index (χ4v) is 3.82. The molecule has 1 saturated heterocycles. The number of hydrogen-bond donors (Lipinski definition) is 1. The van der Waals surface area contributed by atoms with Gasteiger partial charge in [-0.3, -0.25) is 0 Å². The zero-order valence-corrected chi connectivity index (χ0v) is 9.74. The molecule has 1 aliphatic heterocycles. The molecule has 2 heterocycles. The quantitative estimate of drug-likeness (QED) is 0.846. The SMILES string of the molecule is O=S1(=O)CCCCC1Cc1ncc(CO)o1. The lowest BCUT2D eigenvalue weighted by atomic mass is 10.1. The summed E-state index contributed by atoms with van der Waals surface area (Å²) in [6, 6.07) is 0. The van der Waals surface area contributed by atoms with E-state index in [1.807, 2.05) is 0 Å². The van der Waals surface area contributed by atoms with Crippen molar-refractivity contribution in [2.24, 2.45) is 0 Å². The first kappa shape index (κ1) is 11.6. The predicted molar refractivity (Wildman–Crippen MR) is 57.6 cm³/mol. The number of aliphatic hydroxyl groups excluding tert-OH is 1. The Labute approximate surface area is 94.4 Å². The summed E-state index contributed by atoms with van der Waals surface area (Å²) < 4.78 is 28.7. The smallest absolute Gasteiger partial charge is 0.195 e. The summed E-state index contributed by atoms with van der Waals surface area (Å²) >= 11 is 0. The van der Waals surface area contributed by atoms with Crippen molar-refractivity contribution in [1.82, 2.24) is 4.98 Å². The van der Waals surface area contributed by atoms with E-state index in [4.69, 9.17) is 9.52 Å². The van der Waals surface area contributed by atoms with Gasteiger partial charge >= 0.3 is 0 Å². The van der Waals surface area contributed by atoms with Gasteiger partial charge in [0.05, 0.1) is 17.2 Å². The largest absolute Gasteiger partial charge is 0.443 e. The Kier molecular flexibility index (Phi) is 3.30. The Morgan fingerprint density at radius 2 is 2.31 bits per heavy atom. The summed E-state index contributed by atoms with van der Waals surface area (Å²) in [7, 11) is -2.98. The standard InChI is InChI=1S/C10H15NO4S/c12-7-8-6-11-10(15-8)5-9-3-1-2-4-16(9,13)14/h6,9,12H,1-5,7H2. The van der Waals surface area contributed by atoms with Gasteiger partial charge in [0.15, 0.2) is 15.7 Å². The van der Waals surface area contributed by atoms with E-state index in [1.54, 1.807) is 0 Å². The topological polar surface area (TPSA) is 80.4 Å². The van der Waals surface area contributed by atoms with Gasteiger partial charge in [-0.2, -0.15) is 0 Å². The zero-order valence-electron chi connectivity index (χ0n) is 8.92. The molecule has 1 fully saturated rings. The maximum atomic E-state index is 11.7. The molecule has 1 aromatic rings. The third-order valence-corrected chi connectivity index (χ3v) is 5.15. The lowest BCUT2D eigenvalue weighted by molar-refractivity contribution is 0.243. The van der Waals surface area contributed by atoms with E-state index in [9.17, 15) is 8.42 Å². The first-order chi connectivity index (χ1) is 7.62. The molecule has 0 aromatic carbocycles. The van der Waals surface area contributed by atoms with E-state index in [0.717, 1.165) is 12.8 Å². The van der Waals surface area contributed by atoms with Crippen LogP contribution in [0.5, 0.6) is 0 Å². The molecule has 1 unspecified atom stereocenters. The lowest BCUT2D eigenvalue weighted by Crippen LogP contribution is -2.30. The van der Waals surface area contributed by atoms with Crippen LogP contribution < -0.4 is 0 Å². The van der Waals surface area contributed by atoms with Gasteiger partial charge < -0.3 is 9.52 Å². The second kappa shape index (κ2) is 4.55. The Balaban J connectivity index is 2.08. The Morgan fingerprint density at radius 1 is 1.50 bits per heavy atom.